The molecule has 0 aliphatic rings. The summed E-state index contributed by atoms with van der Waals surface area (Å²) in [7, 11) is -2.29. The van der Waals surface area contributed by atoms with E-state index in [0.29, 0.717) is 22.9 Å². The second-order valence-electron chi connectivity index (χ2n) is 6.57. The number of amides is 1. The average Bonchev–Trinajstić information content (AvgIpc) is 2.66. The minimum atomic E-state index is -3.73. The molecule has 2 N–H and O–H groups in total. The number of para-hydroxylation sites is 1. The summed E-state index contributed by atoms with van der Waals surface area (Å²) in [5.74, 6) is 0.270. The molecule has 2 rings (SSSR count). The first-order valence-electron chi connectivity index (χ1n) is 9.10. The molecule has 0 fully saturated rings. The van der Waals surface area contributed by atoms with Gasteiger partial charge in [-0.05, 0) is 50.6 Å². The molecule has 0 aliphatic heterocycles. The Morgan fingerprint density at radius 1 is 1.14 bits per heavy atom. The highest BCUT2D eigenvalue weighted by molar-refractivity contribution is 7.89. The minimum absolute atomic E-state index is 0.0161. The van der Waals surface area contributed by atoms with Gasteiger partial charge in [0.15, 0.2) is 6.10 Å². The molecule has 2 aromatic carbocycles. The molecule has 7 nitrogen and oxygen atoms in total. The van der Waals surface area contributed by atoms with Gasteiger partial charge in [0, 0.05) is 6.04 Å². The van der Waals surface area contributed by atoms with Crippen molar-refractivity contribution in [1.82, 2.24) is 4.72 Å². The zero-order valence-corrected chi connectivity index (χ0v) is 18.3. The largest absolute Gasteiger partial charge is 0.495 e. The molecule has 29 heavy (non-hydrogen) atoms. The normalized spacial score (nSPS) is 12.5. The van der Waals surface area contributed by atoms with Gasteiger partial charge < -0.3 is 14.8 Å². The maximum Gasteiger partial charge on any atom is 0.265 e. The highest BCUT2D eigenvalue weighted by Crippen LogP contribution is 2.29. The van der Waals surface area contributed by atoms with Crippen LogP contribution in [0, 0.1) is 0 Å². The van der Waals surface area contributed by atoms with Crippen LogP contribution in [-0.4, -0.2) is 33.6 Å². The third kappa shape index (κ3) is 6.09. The number of hydrogen-bond acceptors (Lipinski definition) is 5. The molecular formula is C20H25ClN2O5S. The number of carbonyl (C=O) groups excluding carboxylic acids is 1. The Bertz CT molecular complexity index is 963. The summed E-state index contributed by atoms with van der Waals surface area (Å²) in [5, 5.41) is 3.09. The Hall–Kier alpha value is -2.29. The van der Waals surface area contributed by atoms with Gasteiger partial charge in [-0.3, -0.25) is 4.79 Å². The average molecular weight is 441 g/mol. The molecule has 0 spiro atoms. The zero-order valence-electron chi connectivity index (χ0n) is 16.7. The Kier molecular flexibility index (Phi) is 7.89. The maximum absolute atomic E-state index is 12.8. The van der Waals surface area contributed by atoms with E-state index in [1.54, 1.807) is 45.0 Å². The monoisotopic (exact) mass is 440 g/mol. The molecule has 9 heteroatoms. The molecule has 0 unspecified atom stereocenters. The van der Waals surface area contributed by atoms with E-state index in [1.807, 2.05) is 0 Å². The summed E-state index contributed by atoms with van der Waals surface area (Å²) in [4.78, 5) is 12.8. The van der Waals surface area contributed by atoms with Gasteiger partial charge in [0.2, 0.25) is 10.0 Å². The van der Waals surface area contributed by atoms with Crippen molar-refractivity contribution in [2.24, 2.45) is 0 Å². The van der Waals surface area contributed by atoms with Crippen LogP contribution in [-0.2, 0) is 14.8 Å². The van der Waals surface area contributed by atoms with E-state index in [0.717, 1.165) is 0 Å². The van der Waals surface area contributed by atoms with E-state index in [9.17, 15) is 13.2 Å². The smallest absolute Gasteiger partial charge is 0.265 e. The van der Waals surface area contributed by atoms with Gasteiger partial charge in [0.1, 0.15) is 11.5 Å². The van der Waals surface area contributed by atoms with Gasteiger partial charge in [-0.2, -0.15) is 0 Å². The highest BCUT2D eigenvalue weighted by atomic mass is 35.5. The van der Waals surface area contributed by atoms with Crippen molar-refractivity contribution in [3.8, 4) is 11.5 Å². The van der Waals surface area contributed by atoms with Crippen LogP contribution in [0.4, 0.5) is 5.69 Å². The molecule has 0 saturated carbocycles. The predicted molar refractivity (Wildman–Crippen MR) is 113 cm³/mol. The lowest BCUT2D eigenvalue weighted by molar-refractivity contribution is -0.122. The fraction of sp³-hybridized carbons (Fsp3) is 0.350. The van der Waals surface area contributed by atoms with Crippen LogP contribution in [0.5, 0.6) is 11.5 Å². The van der Waals surface area contributed by atoms with Crippen molar-refractivity contribution in [1.29, 1.82) is 0 Å². The lowest BCUT2D eigenvalue weighted by atomic mass is 10.2. The Morgan fingerprint density at radius 2 is 1.83 bits per heavy atom. The second-order valence-corrected chi connectivity index (χ2v) is 8.69. The van der Waals surface area contributed by atoms with E-state index < -0.39 is 22.0 Å². The van der Waals surface area contributed by atoms with E-state index in [1.165, 1.54) is 25.3 Å². The zero-order chi connectivity index (χ0) is 21.6. The first-order valence-corrected chi connectivity index (χ1v) is 11.0. The van der Waals surface area contributed by atoms with Crippen LogP contribution in [0.2, 0.25) is 5.02 Å². The van der Waals surface area contributed by atoms with Crippen molar-refractivity contribution in [2.75, 3.05) is 12.4 Å². The van der Waals surface area contributed by atoms with Gasteiger partial charge in [0.05, 0.1) is 22.7 Å². The van der Waals surface area contributed by atoms with Crippen molar-refractivity contribution in [3.05, 3.63) is 47.5 Å². The van der Waals surface area contributed by atoms with E-state index in [2.05, 4.69) is 10.0 Å². The summed E-state index contributed by atoms with van der Waals surface area (Å²) in [6.45, 7) is 5.25. The van der Waals surface area contributed by atoms with E-state index >= 15 is 0 Å². The lowest BCUT2D eigenvalue weighted by Gasteiger charge is -2.19. The van der Waals surface area contributed by atoms with Crippen LogP contribution < -0.4 is 19.5 Å². The van der Waals surface area contributed by atoms with Crippen LogP contribution in [0.15, 0.2) is 47.4 Å². The fourth-order valence-corrected chi connectivity index (χ4v) is 4.02. The van der Waals surface area contributed by atoms with Crippen LogP contribution in [0.25, 0.3) is 0 Å². The van der Waals surface area contributed by atoms with E-state index in [-0.39, 0.29) is 16.6 Å². The van der Waals surface area contributed by atoms with Crippen LogP contribution in [0.3, 0.4) is 0 Å². The second kappa shape index (κ2) is 9.96. The SMILES string of the molecule is CC[C@H](Oc1ccccc1Cl)C(=O)Nc1cc(S(=O)(=O)NC(C)C)ccc1OC. The standard InChI is InChI=1S/C20H25ClN2O5S/c1-5-17(28-18-9-7-6-8-15(18)21)20(24)22-16-12-14(10-11-19(16)27-4)29(25,26)23-13(2)3/h6-13,17,23H,5H2,1-4H3,(H,22,24)/t17-/m0/s1. The molecule has 0 aliphatic carbocycles. The lowest BCUT2D eigenvalue weighted by Crippen LogP contribution is -2.33. The third-order valence-corrected chi connectivity index (χ3v) is 5.87. The number of anilines is 1. The van der Waals surface area contributed by atoms with Gasteiger partial charge in [-0.1, -0.05) is 30.7 Å². The molecule has 0 saturated heterocycles. The van der Waals surface area contributed by atoms with E-state index in [4.69, 9.17) is 21.1 Å². The van der Waals surface area contributed by atoms with Gasteiger partial charge >= 0.3 is 0 Å². The number of nitrogens with one attached hydrogen (secondary N) is 2. The fourth-order valence-electron chi connectivity index (χ4n) is 2.56. The summed E-state index contributed by atoms with van der Waals surface area (Å²) < 4.78 is 38.4. The molecule has 158 valence electrons. The Labute approximate surface area is 176 Å². The molecule has 1 amide bonds. The van der Waals surface area contributed by atoms with Crippen molar-refractivity contribution >= 4 is 33.2 Å². The topological polar surface area (TPSA) is 93.7 Å². The molecule has 0 aromatic heterocycles. The maximum atomic E-state index is 12.8. The molecule has 1 atom stereocenters. The number of ether oxygens (including phenoxy) is 2. The Balaban J connectivity index is 2.27. The number of hydrogen-bond donors (Lipinski definition) is 2. The minimum Gasteiger partial charge on any atom is -0.495 e. The molecule has 0 heterocycles. The summed E-state index contributed by atoms with van der Waals surface area (Å²) >= 11 is 6.10. The summed E-state index contributed by atoms with van der Waals surface area (Å²) in [5.41, 5.74) is 0.227. The van der Waals surface area contributed by atoms with Crippen LogP contribution in [0.1, 0.15) is 27.2 Å². The number of rotatable bonds is 9. The van der Waals surface area contributed by atoms with Gasteiger partial charge in [-0.25, -0.2) is 13.1 Å². The summed E-state index contributed by atoms with van der Waals surface area (Å²) in [6, 6.07) is 10.8. The highest BCUT2D eigenvalue weighted by Gasteiger charge is 2.23. The first-order chi connectivity index (χ1) is 13.7. The van der Waals surface area contributed by atoms with Crippen LogP contribution >= 0.6 is 11.6 Å². The molecular weight excluding hydrogens is 416 g/mol. The Morgan fingerprint density at radius 3 is 2.41 bits per heavy atom. The van der Waals surface area contributed by atoms with Crippen molar-refractivity contribution < 1.29 is 22.7 Å². The number of carbonyl (C=O) groups is 1. The molecule has 2 aromatic rings. The number of benzene rings is 2. The predicted octanol–water partition coefficient (Wildman–Crippen LogP) is 3.83. The quantitative estimate of drug-likeness (QED) is 0.618. The van der Waals surface area contributed by atoms with Crippen molar-refractivity contribution in [2.45, 2.75) is 44.2 Å². The first kappa shape index (κ1) is 23.0. The number of methoxy groups -OCH3 is 1. The summed E-state index contributed by atoms with van der Waals surface area (Å²) in [6.07, 6.45) is -0.444. The third-order valence-electron chi connectivity index (χ3n) is 3.90. The number of sulfonamides is 1. The molecule has 0 bridgehead atoms. The van der Waals surface area contributed by atoms with Gasteiger partial charge in [-0.15, -0.1) is 0 Å². The number of halogens is 1. The molecule has 0 radical (unpaired) electrons. The van der Waals surface area contributed by atoms with Gasteiger partial charge in [0.25, 0.3) is 5.91 Å². The van der Waals surface area contributed by atoms with Crippen molar-refractivity contribution in [3.63, 3.8) is 0 Å².